The van der Waals surface area contributed by atoms with Crippen LogP contribution in [-0.2, 0) is 0 Å². The summed E-state index contributed by atoms with van der Waals surface area (Å²) in [4.78, 5) is 13.7. The third-order valence-electron chi connectivity index (χ3n) is 3.10. The number of halogens is 4. The Labute approximate surface area is 130 Å². The van der Waals surface area contributed by atoms with Crippen molar-refractivity contribution < 1.29 is 27.1 Å². The van der Waals surface area contributed by atoms with E-state index in [-0.39, 0.29) is 23.5 Å². The zero-order chi connectivity index (χ0) is 17.0. The fourth-order valence-electron chi connectivity index (χ4n) is 2.03. The van der Waals surface area contributed by atoms with E-state index < -0.39 is 24.2 Å². The minimum atomic E-state index is -2.95. The molecule has 0 N–H and O–H groups in total. The van der Waals surface area contributed by atoms with Crippen molar-refractivity contribution in [2.24, 2.45) is 0 Å². The van der Waals surface area contributed by atoms with Gasteiger partial charge in [0.15, 0.2) is 11.6 Å². The lowest BCUT2D eigenvalue weighted by Gasteiger charge is -2.21. The van der Waals surface area contributed by atoms with Crippen LogP contribution in [0.2, 0.25) is 0 Å². The normalized spacial score (nSPS) is 10.7. The van der Waals surface area contributed by atoms with Crippen molar-refractivity contribution in [1.82, 2.24) is 0 Å². The van der Waals surface area contributed by atoms with Crippen LogP contribution < -0.4 is 9.64 Å². The van der Waals surface area contributed by atoms with E-state index >= 15 is 0 Å². The summed E-state index contributed by atoms with van der Waals surface area (Å²) in [6.45, 7) is -1.06. The largest absolute Gasteiger partial charge is 0.435 e. The molecule has 0 aromatic heterocycles. The van der Waals surface area contributed by atoms with E-state index in [0.717, 1.165) is 12.1 Å². The van der Waals surface area contributed by atoms with Crippen LogP contribution in [0.3, 0.4) is 0 Å². The number of amides is 1. The fourth-order valence-corrected chi connectivity index (χ4v) is 2.03. The van der Waals surface area contributed by atoms with Gasteiger partial charge in [-0.05, 0) is 43.3 Å². The first-order chi connectivity index (χ1) is 10.9. The van der Waals surface area contributed by atoms with Gasteiger partial charge < -0.3 is 9.64 Å². The molecule has 122 valence electrons. The van der Waals surface area contributed by atoms with Gasteiger partial charge in [0.05, 0.1) is 0 Å². The molecule has 0 unspecified atom stereocenters. The number of carbonyl (C=O) groups excluding carboxylic acids is 1. The summed E-state index contributed by atoms with van der Waals surface area (Å²) in [6, 6.07) is 8.25. The molecule has 0 spiro atoms. The molecule has 0 atom stereocenters. The Morgan fingerprint density at radius 2 is 1.74 bits per heavy atom. The smallest absolute Gasteiger partial charge is 0.387 e. The van der Waals surface area contributed by atoms with Crippen LogP contribution in [0.15, 0.2) is 42.5 Å². The van der Waals surface area contributed by atoms with Crippen LogP contribution in [0.4, 0.5) is 23.2 Å². The van der Waals surface area contributed by atoms with Crippen LogP contribution in [0.1, 0.15) is 17.3 Å². The molecule has 7 heteroatoms. The lowest BCUT2D eigenvalue weighted by Crippen LogP contribution is -2.30. The molecule has 0 aliphatic heterocycles. The van der Waals surface area contributed by atoms with Crippen LogP contribution in [0, 0.1) is 11.6 Å². The van der Waals surface area contributed by atoms with Gasteiger partial charge in [0.25, 0.3) is 5.91 Å². The summed E-state index contributed by atoms with van der Waals surface area (Å²) in [5.74, 6) is -2.62. The molecule has 23 heavy (non-hydrogen) atoms. The van der Waals surface area contributed by atoms with Crippen LogP contribution in [-0.4, -0.2) is 19.1 Å². The van der Waals surface area contributed by atoms with Gasteiger partial charge in [0.1, 0.15) is 5.75 Å². The molecular weight excluding hydrogens is 314 g/mol. The maximum atomic E-state index is 13.3. The van der Waals surface area contributed by atoms with Gasteiger partial charge in [0, 0.05) is 23.9 Å². The minimum absolute atomic E-state index is 0.0765. The molecule has 3 nitrogen and oxygen atoms in total. The first kappa shape index (κ1) is 16.8. The molecule has 0 saturated carbocycles. The summed E-state index contributed by atoms with van der Waals surface area (Å²) in [5.41, 5.74) is 0.405. The molecule has 2 aromatic carbocycles. The predicted molar refractivity (Wildman–Crippen MR) is 76.8 cm³/mol. The van der Waals surface area contributed by atoms with Gasteiger partial charge in [-0.2, -0.15) is 8.78 Å². The van der Waals surface area contributed by atoms with Gasteiger partial charge in [-0.3, -0.25) is 4.79 Å². The number of anilines is 1. The summed E-state index contributed by atoms with van der Waals surface area (Å²) in [5, 5.41) is 0. The molecule has 0 radical (unpaired) electrons. The van der Waals surface area contributed by atoms with Crippen molar-refractivity contribution in [3.63, 3.8) is 0 Å². The summed E-state index contributed by atoms with van der Waals surface area (Å²) < 4.78 is 54.7. The van der Waals surface area contributed by atoms with E-state index in [9.17, 15) is 22.4 Å². The molecule has 1 amide bonds. The molecule has 0 fully saturated rings. The number of rotatable bonds is 5. The maximum absolute atomic E-state index is 13.3. The summed E-state index contributed by atoms with van der Waals surface area (Å²) >= 11 is 0. The van der Waals surface area contributed by atoms with Crippen LogP contribution >= 0.6 is 0 Å². The third-order valence-corrected chi connectivity index (χ3v) is 3.10. The number of hydrogen-bond donors (Lipinski definition) is 0. The standard InChI is InChI=1S/C16H13F4NO2/c1-2-21(11-5-8-13(17)14(18)9-11)15(22)10-3-6-12(7-4-10)23-16(19)20/h3-9,16H,2H2,1H3. The van der Waals surface area contributed by atoms with Crippen molar-refractivity contribution in [3.8, 4) is 5.75 Å². The SMILES string of the molecule is CCN(C(=O)c1ccc(OC(F)F)cc1)c1ccc(F)c(F)c1. The minimum Gasteiger partial charge on any atom is -0.435 e. The molecule has 0 aliphatic rings. The van der Waals surface area contributed by atoms with E-state index in [1.165, 1.54) is 35.2 Å². The Balaban J connectivity index is 2.23. The van der Waals surface area contributed by atoms with Gasteiger partial charge in [-0.15, -0.1) is 0 Å². The number of benzene rings is 2. The monoisotopic (exact) mass is 327 g/mol. The van der Waals surface area contributed by atoms with E-state index in [1.807, 2.05) is 0 Å². The number of carbonyl (C=O) groups is 1. The lowest BCUT2D eigenvalue weighted by atomic mass is 10.1. The Hall–Kier alpha value is -2.57. The lowest BCUT2D eigenvalue weighted by molar-refractivity contribution is -0.0498. The number of alkyl halides is 2. The zero-order valence-electron chi connectivity index (χ0n) is 12.1. The Kier molecular flexibility index (Phi) is 5.20. The summed E-state index contributed by atoms with van der Waals surface area (Å²) in [6.07, 6.45) is 0. The van der Waals surface area contributed by atoms with Crippen LogP contribution in [0.5, 0.6) is 5.75 Å². The molecular formula is C16H13F4NO2. The van der Waals surface area contributed by atoms with Gasteiger partial charge in [0.2, 0.25) is 0 Å². The molecule has 0 bridgehead atoms. The third kappa shape index (κ3) is 4.00. The van der Waals surface area contributed by atoms with E-state index in [4.69, 9.17) is 0 Å². The topological polar surface area (TPSA) is 29.5 Å². The highest BCUT2D eigenvalue weighted by Gasteiger charge is 2.18. The van der Waals surface area contributed by atoms with Gasteiger partial charge >= 0.3 is 6.61 Å². The molecule has 0 saturated heterocycles. The Bertz CT molecular complexity index is 689. The van der Waals surface area contributed by atoms with Crippen molar-refractivity contribution >= 4 is 11.6 Å². The maximum Gasteiger partial charge on any atom is 0.387 e. The number of nitrogens with zero attached hydrogens (tertiary/aromatic N) is 1. The van der Waals surface area contributed by atoms with Crippen LogP contribution in [0.25, 0.3) is 0 Å². The second-order valence-electron chi connectivity index (χ2n) is 4.55. The first-order valence-electron chi connectivity index (χ1n) is 6.74. The first-order valence-corrected chi connectivity index (χ1v) is 6.74. The molecule has 0 aliphatic carbocycles. The molecule has 0 heterocycles. The highest BCUT2D eigenvalue weighted by molar-refractivity contribution is 6.06. The fraction of sp³-hybridized carbons (Fsp3) is 0.188. The molecule has 2 aromatic rings. The Morgan fingerprint density at radius 1 is 1.09 bits per heavy atom. The average molecular weight is 327 g/mol. The van der Waals surface area contributed by atoms with Crippen molar-refractivity contribution in [3.05, 3.63) is 59.7 Å². The average Bonchev–Trinajstić information content (AvgIpc) is 2.51. The van der Waals surface area contributed by atoms with Gasteiger partial charge in [-0.25, -0.2) is 8.78 Å². The quantitative estimate of drug-likeness (QED) is 0.769. The zero-order valence-corrected chi connectivity index (χ0v) is 12.1. The highest BCUT2D eigenvalue weighted by atomic mass is 19.3. The van der Waals surface area contributed by atoms with Gasteiger partial charge in [-0.1, -0.05) is 0 Å². The van der Waals surface area contributed by atoms with Crippen molar-refractivity contribution in [2.75, 3.05) is 11.4 Å². The second-order valence-corrected chi connectivity index (χ2v) is 4.55. The number of hydrogen-bond acceptors (Lipinski definition) is 2. The highest BCUT2D eigenvalue weighted by Crippen LogP contribution is 2.21. The summed E-state index contributed by atoms with van der Waals surface area (Å²) in [7, 11) is 0. The van der Waals surface area contributed by atoms with E-state index in [0.29, 0.717) is 0 Å². The Morgan fingerprint density at radius 3 is 2.26 bits per heavy atom. The van der Waals surface area contributed by atoms with E-state index in [2.05, 4.69) is 4.74 Å². The van der Waals surface area contributed by atoms with Crippen molar-refractivity contribution in [1.29, 1.82) is 0 Å². The number of ether oxygens (including phenoxy) is 1. The van der Waals surface area contributed by atoms with Crippen molar-refractivity contribution in [2.45, 2.75) is 13.5 Å². The van der Waals surface area contributed by atoms with E-state index in [1.54, 1.807) is 6.92 Å². The molecule has 2 rings (SSSR count). The predicted octanol–water partition coefficient (Wildman–Crippen LogP) is 4.23. The second kappa shape index (κ2) is 7.13.